The lowest BCUT2D eigenvalue weighted by atomic mass is 10.0. The molecule has 0 spiro atoms. The minimum absolute atomic E-state index is 1.14. The second-order valence-electron chi connectivity index (χ2n) is 3.53. The molecule has 1 N–H and O–H groups in total. The van der Waals surface area contributed by atoms with Crippen LogP contribution in [0.1, 0.15) is 16.7 Å². The van der Waals surface area contributed by atoms with E-state index in [4.69, 9.17) is 0 Å². The number of nitrogens with one attached hydrogen (secondary N) is 1. The topological polar surface area (TPSA) is 12.0 Å². The molecule has 1 unspecified atom stereocenters. The van der Waals surface area contributed by atoms with Crippen molar-refractivity contribution in [1.82, 2.24) is 5.32 Å². The molecule has 0 aliphatic carbocycles. The monoisotopic (exact) mass is 219 g/mol. The number of hydrogen-bond acceptors (Lipinski definition) is 1. The van der Waals surface area contributed by atoms with Crippen LogP contribution in [-0.2, 0) is 0 Å². The molecule has 1 nitrogen and oxygen atoms in total. The number of allylic oxidation sites excluding steroid dienone is 2. The largest absolute Gasteiger partial charge is 0.388 e. The van der Waals surface area contributed by atoms with Crippen molar-refractivity contribution in [1.29, 1.82) is 0 Å². The van der Waals surface area contributed by atoms with Crippen molar-refractivity contribution in [2.24, 2.45) is 0 Å². The van der Waals surface area contributed by atoms with E-state index in [-0.39, 0.29) is 0 Å². The summed E-state index contributed by atoms with van der Waals surface area (Å²) in [7, 11) is 4.52. The second kappa shape index (κ2) is 5.72. The standard InChI is InChI=1S/C13H18NP/c1-10-6-7-12(11(2)9-10)13(14-3)5-4-8-15/h4-9,14H,15H2,1-3H3/b8-4-,13-5-. The van der Waals surface area contributed by atoms with E-state index in [0.29, 0.717) is 0 Å². The maximum atomic E-state index is 3.21. The van der Waals surface area contributed by atoms with Gasteiger partial charge in [0.25, 0.3) is 0 Å². The lowest BCUT2D eigenvalue weighted by Gasteiger charge is -2.10. The van der Waals surface area contributed by atoms with E-state index in [1.54, 1.807) is 0 Å². The molecule has 1 atom stereocenters. The molecule has 2 heteroatoms. The smallest absolute Gasteiger partial charge is 0.0413 e. The Kier molecular flexibility index (Phi) is 4.58. The molecule has 80 valence electrons. The van der Waals surface area contributed by atoms with Crippen LogP contribution in [0.4, 0.5) is 0 Å². The number of hydrogen-bond donors (Lipinski definition) is 1. The Morgan fingerprint density at radius 1 is 1.33 bits per heavy atom. The fourth-order valence-electron chi connectivity index (χ4n) is 1.58. The first-order valence-corrected chi connectivity index (χ1v) is 5.69. The highest BCUT2D eigenvalue weighted by atomic mass is 31.0. The van der Waals surface area contributed by atoms with E-state index in [1.807, 2.05) is 18.9 Å². The highest BCUT2D eigenvalue weighted by Crippen LogP contribution is 2.17. The number of aryl methyl sites for hydroxylation is 2. The lowest BCUT2D eigenvalue weighted by Crippen LogP contribution is -2.05. The average molecular weight is 219 g/mol. The predicted octanol–water partition coefficient (Wildman–Crippen LogP) is 3.25. The molecule has 1 aromatic rings. The maximum Gasteiger partial charge on any atom is 0.0413 e. The number of benzene rings is 1. The zero-order valence-electron chi connectivity index (χ0n) is 9.54. The van der Waals surface area contributed by atoms with Crippen LogP contribution >= 0.6 is 9.24 Å². The van der Waals surface area contributed by atoms with E-state index >= 15 is 0 Å². The van der Waals surface area contributed by atoms with Gasteiger partial charge in [0.15, 0.2) is 0 Å². The van der Waals surface area contributed by atoms with Crippen LogP contribution < -0.4 is 5.32 Å². The fourth-order valence-corrected chi connectivity index (χ4v) is 1.69. The van der Waals surface area contributed by atoms with Crippen LogP contribution in [0.15, 0.2) is 36.2 Å². The molecule has 0 heterocycles. The van der Waals surface area contributed by atoms with Crippen LogP contribution in [0.3, 0.4) is 0 Å². The first kappa shape index (κ1) is 12.0. The summed E-state index contributed by atoms with van der Waals surface area (Å²) in [6.45, 7) is 4.25. The molecule has 0 fully saturated rings. The van der Waals surface area contributed by atoms with Crippen molar-refractivity contribution in [3.63, 3.8) is 0 Å². The first-order valence-electron chi connectivity index (χ1n) is 5.03. The molecule has 1 rings (SSSR count). The third-order valence-electron chi connectivity index (χ3n) is 2.32. The van der Waals surface area contributed by atoms with E-state index in [2.05, 4.69) is 52.7 Å². The van der Waals surface area contributed by atoms with Gasteiger partial charge in [-0.05, 0) is 25.5 Å². The van der Waals surface area contributed by atoms with E-state index in [1.165, 1.54) is 16.7 Å². The van der Waals surface area contributed by atoms with Crippen molar-refractivity contribution < 1.29 is 0 Å². The summed E-state index contributed by atoms with van der Waals surface area (Å²) in [5.74, 6) is 1.95. The summed E-state index contributed by atoms with van der Waals surface area (Å²) in [6, 6.07) is 6.49. The van der Waals surface area contributed by atoms with Gasteiger partial charge < -0.3 is 5.32 Å². The average Bonchev–Trinajstić information content (AvgIpc) is 2.21. The summed E-state index contributed by atoms with van der Waals surface area (Å²) in [5, 5.41) is 3.21. The summed E-state index contributed by atoms with van der Waals surface area (Å²) in [6.07, 6.45) is 4.08. The van der Waals surface area contributed by atoms with Gasteiger partial charge in [-0.2, -0.15) is 0 Å². The molecular formula is C13H18NP. The molecule has 0 aromatic heterocycles. The Labute approximate surface area is 94.5 Å². The number of rotatable bonds is 3. The molecular weight excluding hydrogens is 201 g/mol. The fraction of sp³-hybridized carbons (Fsp3) is 0.231. The zero-order valence-corrected chi connectivity index (χ0v) is 10.7. The zero-order chi connectivity index (χ0) is 11.3. The normalized spacial score (nSPS) is 12.1. The molecule has 0 bridgehead atoms. The van der Waals surface area contributed by atoms with E-state index in [0.717, 1.165) is 5.70 Å². The SMILES string of the molecule is CN/C(=C\C=C/P)c1ccc(C)cc1C. The molecule has 0 radical (unpaired) electrons. The van der Waals surface area contributed by atoms with Crippen molar-refractivity contribution in [3.05, 3.63) is 52.9 Å². The van der Waals surface area contributed by atoms with Gasteiger partial charge in [-0.25, -0.2) is 0 Å². The van der Waals surface area contributed by atoms with Gasteiger partial charge in [-0.1, -0.05) is 35.7 Å². The van der Waals surface area contributed by atoms with Crippen LogP contribution in [0.5, 0.6) is 0 Å². The summed E-state index contributed by atoms with van der Waals surface area (Å²) in [5.41, 5.74) is 5.00. The molecule has 15 heavy (non-hydrogen) atoms. The third-order valence-corrected chi connectivity index (χ3v) is 2.54. The maximum absolute atomic E-state index is 3.21. The molecule has 0 aliphatic rings. The second-order valence-corrected chi connectivity index (χ2v) is 3.92. The molecule has 0 saturated carbocycles. The van der Waals surface area contributed by atoms with E-state index < -0.39 is 0 Å². The van der Waals surface area contributed by atoms with Crippen molar-refractivity contribution in [2.45, 2.75) is 13.8 Å². The van der Waals surface area contributed by atoms with Gasteiger partial charge in [-0.15, -0.1) is 9.24 Å². The van der Waals surface area contributed by atoms with E-state index in [9.17, 15) is 0 Å². The quantitative estimate of drug-likeness (QED) is 0.607. The Bertz CT molecular complexity index is 392. The minimum Gasteiger partial charge on any atom is -0.388 e. The Hall–Kier alpha value is -1.07. The lowest BCUT2D eigenvalue weighted by molar-refractivity contribution is 1.12. The van der Waals surface area contributed by atoms with Crippen molar-refractivity contribution in [3.8, 4) is 0 Å². The van der Waals surface area contributed by atoms with Gasteiger partial charge >= 0.3 is 0 Å². The van der Waals surface area contributed by atoms with Crippen LogP contribution in [-0.4, -0.2) is 7.05 Å². The Morgan fingerprint density at radius 2 is 2.07 bits per heavy atom. The molecule has 0 amide bonds. The highest BCUT2D eigenvalue weighted by molar-refractivity contribution is 7.20. The first-order chi connectivity index (χ1) is 7.19. The van der Waals surface area contributed by atoms with Crippen LogP contribution in [0.25, 0.3) is 5.70 Å². The Balaban J connectivity index is 3.13. The van der Waals surface area contributed by atoms with Crippen LogP contribution in [0, 0.1) is 13.8 Å². The molecule has 0 aliphatic heterocycles. The summed E-state index contributed by atoms with van der Waals surface area (Å²) < 4.78 is 0. The molecule has 1 aromatic carbocycles. The van der Waals surface area contributed by atoms with Gasteiger partial charge in [0.2, 0.25) is 0 Å². The summed E-state index contributed by atoms with van der Waals surface area (Å²) >= 11 is 0. The van der Waals surface area contributed by atoms with Gasteiger partial charge in [0.1, 0.15) is 0 Å². The Morgan fingerprint density at radius 3 is 2.60 bits per heavy atom. The van der Waals surface area contributed by atoms with Crippen LogP contribution in [0.2, 0.25) is 0 Å². The van der Waals surface area contributed by atoms with Gasteiger partial charge in [0, 0.05) is 18.3 Å². The van der Waals surface area contributed by atoms with Gasteiger partial charge in [-0.3, -0.25) is 0 Å². The van der Waals surface area contributed by atoms with Gasteiger partial charge in [0.05, 0.1) is 0 Å². The highest BCUT2D eigenvalue weighted by Gasteiger charge is 2.01. The van der Waals surface area contributed by atoms with Crippen molar-refractivity contribution >= 4 is 14.9 Å². The third kappa shape index (κ3) is 3.21. The van der Waals surface area contributed by atoms with Crippen molar-refractivity contribution in [2.75, 3.05) is 7.05 Å². The molecule has 0 saturated heterocycles. The summed E-state index contributed by atoms with van der Waals surface area (Å²) in [4.78, 5) is 0. The predicted molar refractivity (Wildman–Crippen MR) is 71.8 cm³/mol. The minimum atomic E-state index is 1.14.